The van der Waals surface area contributed by atoms with Crippen molar-refractivity contribution in [2.75, 3.05) is 19.0 Å². The van der Waals surface area contributed by atoms with Crippen LogP contribution >= 0.6 is 11.8 Å². The van der Waals surface area contributed by atoms with E-state index in [2.05, 4.69) is 10.6 Å². The predicted octanol–water partition coefficient (Wildman–Crippen LogP) is 0.502. The Morgan fingerprint density at radius 2 is 2.07 bits per heavy atom. The Kier molecular flexibility index (Phi) is 5.36. The number of hydrogen-bond donors (Lipinski definition) is 2. The van der Waals surface area contributed by atoms with Gasteiger partial charge in [0.2, 0.25) is 5.91 Å². The molecule has 0 aromatic rings. The molecule has 3 aliphatic rings. The van der Waals surface area contributed by atoms with Crippen molar-refractivity contribution >= 4 is 35.6 Å². The fourth-order valence-corrected chi connectivity index (χ4v) is 5.04. The normalized spacial score (nSPS) is 30.0. The third-order valence-corrected chi connectivity index (χ3v) is 6.45. The third-order valence-electron chi connectivity index (χ3n) is 4.94. The topological polar surface area (TPSA) is 114 Å². The van der Waals surface area contributed by atoms with E-state index in [0.29, 0.717) is 18.6 Å². The van der Waals surface area contributed by atoms with Gasteiger partial charge in [0.25, 0.3) is 0 Å². The van der Waals surface area contributed by atoms with Gasteiger partial charge in [0.05, 0.1) is 28.8 Å². The molecule has 3 heterocycles. The van der Waals surface area contributed by atoms with Crippen LogP contribution in [0, 0.1) is 0 Å². The summed E-state index contributed by atoms with van der Waals surface area (Å²) in [7, 11) is 0. The van der Waals surface area contributed by atoms with E-state index in [-0.39, 0.29) is 35.3 Å². The molecule has 0 aromatic carbocycles. The molecule has 3 atom stereocenters. The van der Waals surface area contributed by atoms with Crippen LogP contribution in [0.2, 0.25) is 0 Å². The molecule has 3 amide bonds. The SMILES string of the molecule is CCOC(=O)C1=C(COC(=O)[C@H]2CS[C@@]3(C)CCC(=O)N23)NC(=O)N[C@@H]1C. The standard InChI is InChI=1S/C17H23N3O6S/c1-4-25-15(23)13-9(2)18-16(24)19-10(13)7-26-14(22)11-8-27-17(3)6-5-12(21)20(11)17/h9,11H,4-8H2,1-3H3,(H2,18,19,24)/t9-,11-,17+/m1/s1. The number of ether oxygens (including phenoxy) is 2. The average molecular weight is 397 g/mol. The van der Waals surface area contributed by atoms with Gasteiger partial charge in [-0.3, -0.25) is 4.79 Å². The molecule has 0 aliphatic carbocycles. The van der Waals surface area contributed by atoms with Gasteiger partial charge in [0.15, 0.2) is 0 Å². The van der Waals surface area contributed by atoms with Crippen LogP contribution < -0.4 is 10.6 Å². The van der Waals surface area contributed by atoms with Gasteiger partial charge < -0.3 is 25.0 Å². The molecule has 3 aliphatic heterocycles. The van der Waals surface area contributed by atoms with Crippen LogP contribution in [0.5, 0.6) is 0 Å². The number of esters is 2. The Hall–Kier alpha value is -2.23. The van der Waals surface area contributed by atoms with Gasteiger partial charge in [0, 0.05) is 12.2 Å². The largest absolute Gasteiger partial charge is 0.463 e. The van der Waals surface area contributed by atoms with E-state index in [4.69, 9.17) is 9.47 Å². The fourth-order valence-electron chi connectivity index (χ4n) is 3.63. The highest BCUT2D eigenvalue weighted by Gasteiger charge is 2.53. The first-order chi connectivity index (χ1) is 12.8. The van der Waals surface area contributed by atoms with E-state index in [1.165, 1.54) is 0 Å². The lowest BCUT2D eigenvalue weighted by atomic mass is 10.0. The second-order valence-electron chi connectivity index (χ2n) is 6.81. The van der Waals surface area contributed by atoms with Gasteiger partial charge in [-0.2, -0.15) is 0 Å². The maximum atomic E-state index is 12.6. The van der Waals surface area contributed by atoms with Crippen molar-refractivity contribution in [3.8, 4) is 0 Å². The van der Waals surface area contributed by atoms with Gasteiger partial charge in [0.1, 0.15) is 12.6 Å². The molecule has 27 heavy (non-hydrogen) atoms. The molecule has 0 saturated carbocycles. The van der Waals surface area contributed by atoms with E-state index in [1.807, 2.05) is 6.92 Å². The van der Waals surface area contributed by atoms with E-state index in [9.17, 15) is 19.2 Å². The van der Waals surface area contributed by atoms with Gasteiger partial charge in [-0.25, -0.2) is 14.4 Å². The highest BCUT2D eigenvalue weighted by molar-refractivity contribution is 8.01. The lowest BCUT2D eigenvalue weighted by molar-refractivity contribution is -0.153. The summed E-state index contributed by atoms with van der Waals surface area (Å²) in [5, 5.41) is 5.09. The molecule has 0 radical (unpaired) electrons. The van der Waals surface area contributed by atoms with Gasteiger partial charge in [-0.05, 0) is 27.2 Å². The highest BCUT2D eigenvalue weighted by atomic mass is 32.2. The van der Waals surface area contributed by atoms with Crippen LogP contribution in [-0.4, -0.2) is 64.7 Å². The van der Waals surface area contributed by atoms with Crippen molar-refractivity contribution in [2.45, 2.75) is 50.6 Å². The Labute approximate surface area is 161 Å². The van der Waals surface area contributed by atoms with E-state index in [0.717, 1.165) is 0 Å². The maximum Gasteiger partial charge on any atom is 0.338 e. The first kappa shape index (κ1) is 19.5. The summed E-state index contributed by atoms with van der Waals surface area (Å²) in [5.74, 6) is -0.714. The second-order valence-corrected chi connectivity index (χ2v) is 8.31. The molecule has 10 heteroatoms. The van der Waals surface area contributed by atoms with Gasteiger partial charge in [-0.15, -0.1) is 11.8 Å². The molecular weight excluding hydrogens is 374 g/mol. The van der Waals surface area contributed by atoms with E-state index >= 15 is 0 Å². The smallest absolute Gasteiger partial charge is 0.338 e. The number of thioether (sulfide) groups is 1. The van der Waals surface area contributed by atoms with Crippen LogP contribution in [0.25, 0.3) is 0 Å². The highest BCUT2D eigenvalue weighted by Crippen LogP contribution is 2.47. The Balaban J connectivity index is 1.72. The van der Waals surface area contributed by atoms with Crippen LogP contribution in [0.3, 0.4) is 0 Å². The molecule has 0 unspecified atom stereocenters. The van der Waals surface area contributed by atoms with Crippen molar-refractivity contribution in [3.63, 3.8) is 0 Å². The van der Waals surface area contributed by atoms with E-state index < -0.39 is 30.1 Å². The minimum absolute atomic E-state index is 0.0559. The number of rotatable bonds is 5. The van der Waals surface area contributed by atoms with Crippen molar-refractivity contribution in [3.05, 3.63) is 11.3 Å². The van der Waals surface area contributed by atoms with Crippen LogP contribution in [0.1, 0.15) is 33.6 Å². The summed E-state index contributed by atoms with van der Waals surface area (Å²) in [6.07, 6.45) is 1.13. The molecule has 2 N–H and O–H groups in total. The quantitative estimate of drug-likeness (QED) is 0.650. The van der Waals surface area contributed by atoms with Crippen molar-refractivity contribution in [1.82, 2.24) is 15.5 Å². The summed E-state index contributed by atoms with van der Waals surface area (Å²) in [6, 6.07) is -1.71. The number of carbonyl (C=O) groups excluding carboxylic acids is 4. The van der Waals surface area contributed by atoms with Crippen molar-refractivity contribution in [2.24, 2.45) is 0 Å². The first-order valence-electron chi connectivity index (χ1n) is 8.87. The number of hydrogen-bond acceptors (Lipinski definition) is 7. The Bertz CT molecular complexity index is 723. The van der Waals surface area contributed by atoms with Gasteiger partial charge in [-0.1, -0.05) is 0 Å². The molecule has 0 aromatic heterocycles. The molecule has 148 valence electrons. The second kappa shape index (κ2) is 7.41. The van der Waals surface area contributed by atoms with Crippen LogP contribution in [0.15, 0.2) is 11.3 Å². The maximum absolute atomic E-state index is 12.6. The van der Waals surface area contributed by atoms with Crippen LogP contribution in [0.4, 0.5) is 4.79 Å². The number of nitrogens with zero attached hydrogens (tertiary/aromatic N) is 1. The number of fused-ring (bicyclic) bond motifs is 1. The Morgan fingerprint density at radius 1 is 1.33 bits per heavy atom. The van der Waals surface area contributed by atoms with Crippen molar-refractivity contribution < 1.29 is 28.7 Å². The molecule has 3 rings (SSSR count). The summed E-state index contributed by atoms with van der Waals surface area (Å²) in [5.41, 5.74) is 0.409. The third kappa shape index (κ3) is 3.62. The zero-order valence-corrected chi connectivity index (χ0v) is 16.3. The van der Waals surface area contributed by atoms with E-state index in [1.54, 1.807) is 30.5 Å². The molecule has 0 bridgehead atoms. The zero-order chi connectivity index (χ0) is 19.8. The lowest BCUT2D eigenvalue weighted by Gasteiger charge is -2.30. The molecule has 2 saturated heterocycles. The monoisotopic (exact) mass is 397 g/mol. The number of amides is 3. The summed E-state index contributed by atoms with van der Waals surface area (Å²) in [4.78, 5) is 49.9. The Morgan fingerprint density at radius 3 is 2.78 bits per heavy atom. The van der Waals surface area contributed by atoms with Crippen molar-refractivity contribution in [1.29, 1.82) is 0 Å². The summed E-state index contributed by atoms with van der Waals surface area (Å²) in [6.45, 7) is 5.19. The minimum atomic E-state index is -0.656. The molecule has 2 fully saturated rings. The first-order valence-corrected chi connectivity index (χ1v) is 9.86. The summed E-state index contributed by atoms with van der Waals surface area (Å²) < 4.78 is 10.4. The molecular formula is C17H23N3O6S. The number of carbonyl (C=O) groups is 4. The summed E-state index contributed by atoms with van der Waals surface area (Å²) >= 11 is 1.57. The van der Waals surface area contributed by atoms with Crippen LogP contribution in [-0.2, 0) is 23.9 Å². The molecule has 0 spiro atoms. The minimum Gasteiger partial charge on any atom is -0.463 e. The number of urea groups is 1. The predicted molar refractivity (Wildman–Crippen MR) is 96.5 cm³/mol. The fraction of sp³-hybridized carbons (Fsp3) is 0.647. The average Bonchev–Trinajstić information content (AvgIpc) is 3.08. The lowest BCUT2D eigenvalue weighted by Crippen LogP contribution is -2.50. The number of nitrogens with one attached hydrogen (secondary N) is 2. The van der Waals surface area contributed by atoms with Gasteiger partial charge >= 0.3 is 18.0 Å². The molecule has 9 nitrogen and oxygen atoms in total. The zero-order valence-electron chi connectivity index (χ0n) is 15.5.